The van der Waals surface area contributed by atoms with E-state index in [9.17, 15) is 4.79 Å². The number of benzene rings is 1. The van der Waals surface area contributed by atoms with Crippen molar-refractivity contribution in [2.45, 2.75) is 38.6 Å². The molecule has 5 heteroatoms. The molecule has 1 aromatic carbocycles. The van der Waals surface area contributed by atoms with Crippen molar-refractivity contribution >= 4 is 35.6 Å². The number of carbonyl (C=O) groups is 1. The van der Waals surface area contributed by atoms with Crippen LogP contribution in [0.3, 0.4) is 0 Å². The normalized spacial score (nSPS) is 22.5. The largest absolute Gasteiger partial charge is 0.328 e. The number of nitrogens with one attached hydrogen (secondary N) is 1. The van der Waals surface area contributed by atoms with Gasteiger partial charge in [-0.3, -0.25) is 4.79 Å². The fourth-order valence-electron chi connectivity index (χ4n) is 2.44. The van der Waals surface area contributed by atoms with Gasteiger partial charge >= 0.3 is 0 Å². The van der Waals surface area contributed by atoms with Crippen LogP contribution in [0.5, 0.6) is 0 Å². The van der Waals surface area contributed by atoms with Gasteiger partial charge in [0.05, 0.1) is 0 Å². The minimum atomic E-state index is 0. The monoisotopic (exact) mass is 302 g/mol. The van der Waals surface area contributed by atoms with Crippen molar-refractivity contribution < 1.29 is 4.79 Å². The summed E-state index contributed by atoms with van der Waals surface area (Å²) in [6.07, 6.45) is 3.78. The van der Waals surface area contributed by atoms with Gasteiger partial charge in [-0.1, -0.05) is 24.1 Å². The highest BCUT2D eigenvalue weighted by atomic mass is 35.5. The maximum atomic E-state index is 12.2. The van der Waals surface area contributed by atoms with Crippen LogP contribution < -0.4 is 11.1 Å². The predicted octanol–water partition coefficient (Wildman–Crippen LogP) is 3.53. The Kier molecular flexibility index (Phi) is 6.11. The molecule has 1 amide bonds. The molecule has 0 saturated heterocycles. The van der Waals surface area contributed by atoms with Crippen LogP contribution in [0, 0.1) is 12.8 Å². The molecule has 0 aliphatic heterocycles. The summed E-state index contributed by atoms with van der Waals surface area (Å²) in [6, 6.07) is 5.71. The average molecular weight is 303 g/mol. The summed E-state index contributed by atoms with van der Waals surface area (Å²) in [5, 5.41) is 3.64. The molecule has 0 spiro atoms. The molecule has 0 radical (unpaired) electrons. The van der Waals surface area contributed by atoms with Gasteiger partial charge in [-0.2, -0.15) is 0 Å². The molecule has 3 N–H and O–H groups in total. The van der Waals surface area contributed by atoms with Gasteiger partial charge in [0.2, 0.25) is 5.91 Å². The third kappa shape index (κ3) is 4.10. The number of nitrogens with two attached hydrogens (primary N) is 1. The van der Waals surface area contributed by atoms with E-state index in [1.165, 1.54) is 0 Å². The highest BCUT2D eigenvalue weighted by Crippen LogP contribution is 2.27. The number of amides is 1. The van der Waals surface area contributed by atoms with Crippen molar-refractivity contribution in [3.05, 3.63) is 28.8 Å². The van der Waals surface area contributed by atoms with Crippen molar-refractivity contribution in [1.29, 1.82) is 0 Å². The van der Waals surface area contributed by atoms with E-state index in [-0.39, 0.29) is 30.3 Å². The van der Waals surface area contributed by atoms with E-state index in [0.29, 0.717) is 5.02 Å². The first-order chi connectivity index (χ1) is 8.58. The Hall–Kier alpha value is -0.770. The van der Waals surface area contributed by atoms with Gasteiger partial charge in [0, 0.05) is 22.7 Å². The highest BCUT2D eigenvalue weighted by molar-refractivity contribution is 6.31. The summed E-state index contributed by atoms with van der Waals surface area (Å²) < 4.78 is 0. The number of rotatable bonds is 2. The first kappa shape index (κ1) is 16.3. The molecule has 1 fully saturated rings. The molecule has 19 heavy (non-hydrogen) atoms. The molecule has 1 aliphatic carbocycles. The zero-order valence-corrected chi connectivity index (χ0v) is 12.6. The van der Waals surface area contributed by atoms with Crippen LogP contribution in [0.25, 0.3) is 0 Å². The summed E-state index contributed by atoms with van der Waals surface area (Å²) >= 11 is 6.03. The summed E-state index contributed by atoms with van der Waals surface area (Å²) in [4.78, 5) is 12.2. The van der Waals surface area contributed by atoms with Gasteiger partial charge in [0.25, 0.3) is 0 Å². The number of hydrogen-bond acceptors (Lipinski definition) is 2. The van der Waals surface area contributed by atoms with Gasteiger partial charge in [0.1, 0.15) is 0 Å². The summed E-state index contributed by atoms with van der Waals surface area (Å²) in [5.41, 5.74) is 7.62. The predicted molar refractivity (Wildman–Crippen MR) is 82.0 cm³/mol. The third-order valence-electron chi connectivity index (χ3n) is 3.61. The Bertz CT molecular complexity index is 451. The number of carbonyl (C=O) groups excluding carboxylic acids is 1. The second kappa shape index (κ2) is 7.13. The Morgan fingerprint density at radius 2 is 2.16 bits per heavy atom. The minimum absolute atomic E-state index is 0. The fourth-order valence-corrected chi connectivity index (χ4v) is 2.62. The quantitative estimate of drug-likeness (QED) is 0.878. The van der Waals surface area contributed by atoms with Crippen molar-refractivity contribution in [2.24, 2.45) is 11.7 Å². The maximum absolute atomic E-state index is 12.2. The van der Waals surface area contributed by atoms with Gasteiger partial charge in [0.15, 0.2) is 0 Å². The lowest BCUT2D eigenvalue weighted by molar-refractivity contribution is -0.120. The zero-order valence-electron chi connectivity index (χ0n) is 11.0. The zero-order chi connectivity index (χ0) is 13.1. The highest BCUT2D eigenvalue weighted by Gasteiger charge is 2.25. The molecule has 3 nitrogen and oxygen atoms in total. The van der Waals surface area contributed by atoms with Crippen molar-refractivity contribution in [3.8, 4) is 0 Å². The lowest BCUT2D eigenvalue weighted by atomic mass is 9.85. The van der Waals surface area contributed by atoms with Crippen molar-refractivity contribution in [1.82, 2.24) is 0 Å². The van der Waals surface area contributed by atoms with E-state index in [0.717, 1.165) is 36.9 Å². The van der Waals surface area contributed by atoms with Crippen LogP contribution in [-0.4, -0.2) is 11.9 Å². The number of anilines is 1. The molecule has 0 heterocycles. The first-order valence-corrected chi connectivity index (χ1v) is 6.77. The Labute approximate surface area is 125 Å². The SMILES string of the molecule is Cc1c(Cl)cccc1NC(=O)C1CCCC(N)C1.Cl. The van der Waals surface area contributed by atoms with E-state index in [1.807, 2.05) is 25.1 Å². The first-order valence-electron chi connectivity index (χ1n) is 6.39. The van der Waals surface area contributed by atoms with Crippen LogP contribution in [0.15, 0.2) is 18.2 Å². The standard InChI is InChI=1S/C14H19ClN2O.ClH/c1-9-12(15)6-3-7-13(9)17-14(18)10-4-2-5-11(16)8-10;/h3,6-7,10-11H,2,4-5,8,16H2,1H3,(H,17,18);1H. The van der Waals surface area contributed by atoms with Crippen LogP contribution >= 0.6 is 24.0 Å². The Morgan fingerprint density at radius 3 is 2.84 bits per heavy atom. The fraction of sp³-hybridized carbons (Fsp3) is 0.500. The molecular weight excluding hydrogens is 283 g/mol. The van der Waals surface area contributed by atoms with Crippen molar-refractivity contribution in [2.75, 3.05) is 5.32 Å². The lowest BCUT2D eigenvalue weighted by Gasteiger charge is -2.26. The van der Waals surface area contributed by atoms with Crippen LogP contribution in [0.4, 0.5) is 5.69 Å². The van der Waals surface area contributed by atoms with Crippen LogP contribution in [0.2, 0.25) is 5.02 Å². The molecule has 2 atom stereocenters. The van der Waals surface area contributed by atoms with E-state index >= 15 is 0 Å². The smallest absolute Gasteiger partial charge is 0.227 e. The number of hydrogen-bond donors (Lipinski definition) is 2. The van der Waals surface area contributed by atoms with Gasteiger partial charge in [-0.25, -0.2) is 0 Å². The van der Waals surface area contributed by atoms with Gasteiger partial charge in [-0.05, 0) is 43.9 Å². The molecule has 1 aliphatic rings. The van der Waals surface area contributed by atoms with E-state index in [2.05, 4.69) is 5.32 Å². The van der Waals surface area contributed by atoms with E-state index in [1.54, 1.807) is 0 Å². The molecule has 0 bridgehead atoms. The summed E-state index contributed by atoms with van der Waals surface area (Å²) in [5.74, 6) is 0.0997. The third-order valence-corrected chi connectivity index (χ3v) is 4.02. The molecule has 1 saturated carbocycles. The van der Waals surface area contributed by atoms with Gasteiger partial charge in [-0.15, -0.1) is 12.4 Å². The molecular formula is C14H20Cl2N2O. The summed E-state index contributed by atoms with van der Waals surface area (Å²) in [7, 11) is 0. The second-order valence-electron chi connectivity index (χ2n) is 5.03. The lowest BCUT2D eigenvalue weighted by Crippen LogP contribution is -2.34. The molecule has 0 aromatic heterocycles. The number of halogens is 2. The average Bonchev–Trinajstić information content (AvgIpc) is 2.35. The molecule has 1 aromatic rings. The van der Waals surface area contributed by atoms with Gasteiger partial charge < -0.3 is 11.1 Å². The second-order valence-corrected chi connectivity index (χ2v) is 5.43. The van der Waals surface area contributed by atoms with Crippen LogP contribution in [-0.2, 0) is 4.79 Å². The Balaban J connectivity index is 0.00000180. The minimum Gasteiger partial charge on any atom is -0.328 e. The topological polar surface area (TPSA) is 55.1 Å². The molecule has 106 valence electrons. The Morgan fingerprint density at radius 1 is 1.42 bits per heavy atom. The van der Waals surface area contributed by atoms with Crippen molar-refractivity contribution in [3.63, 3.8) is 0 Å². The summed E-state index contributed by atoms with van der Waals surface area (Å²) in [6.45, 7) is 1.91. The van der Waals surface area contributed by atoms with E-state index in [4.69, 9.17) is 17.3 Å². The maximum Gasteiger partial charge on any atom is 0.227 e. The molecule has 2 unspecified atom stereocenters. The van der Waals surface area contributed by atoms with Crippen LogP contribution in [0.1, 0.15) is 31.2 Å². The molecule has 2 rings (SSSR count). The van der Waals surface area contributed by atoms with E-state index < -0.39 is 0 Å².